The quantitative estimate of drug-likeness (QED) is 0.455. The molecule has 0 radical (unpaired) electrons. The van der Waals surface area contributed by atoms with E-state index in [9.17, 15) is 4.79 Å². The van der Waals surface area contributed by atoms with Crippen LogP contribution < -0.4 is 14.8 Å². The van der Waals surface area contributed by atoms with Crippen LogP contribution in [0.4, 0.5) is 5.69 Å². The fraction of sp³-hybridized carbons (Fsp3) is 0.136. The van der Waals surface area contributed by atoms with Crippen molar-refractivity contribution >= 4 is 22.9 Å². The monoisotopic (exact) mass is 421 g/mol. The van der Waals surface area contributed by atoms with Crippen molar-refractivity contribution in [3.05, 3.63) is 76.3 Å². The molecule has 1 N–H and O–H groups in total. The van der Waals surface area contributed by atoms with Gasteiger partial charge < -0.3 is 19.2 Å². The van der Waals surface area contributed by atoms with Gasteiger partial charge in [-0.25, -0.2) is 0 Å². The zero-order valence-corrected chi connectivity index (χ0v) is 17.2. The maximum absolute atomic E-state index is 12.3. The van der Waals surface area contributed by atoms with Crippen LogP contribution in [0, 0.1) is 6.92 Å². The van der Waals surface area contributed by atoms with E-state index in [2.05, 4.69) is 15.5 Å². The molecule has 2 aromatic carbocycles. The summed E-state index contributed by atoms with van der Waals surface area (Å²) in [4.78, 5) is 14.1. The van der Waals surface area contributed by atoms with Crippen molar-refractivity contribution in [2.75, 3.05) is 12.4 Å². The summed E-state index contributed by atoms with van der Waals surface area (Å²) in [6.45, 7) is 2.08. The first kappa shape index (κ1) is 19.7. The lowest BCUT2D eigenvalue weighted by molar-refractivity contribution is 0.103. The van der Waals surface area contributed by atoms with Crippen LogP contribution in [0.15, 0.2) is 65.1 Å². The topological polar surface area (TPSA) is 86.5 Å². The number of thiophene rings is 1. The Labute approximate surface area is 177 Å². The van der Waals surface area contributed by atoms with Crippen LogP contribution in [-0.2, 0) is 6.61 Å². The van der Waals surface area contributed by atoms with Crippen LogP contribution in [-0.4, -0.2) is 23.2 Å². The summed E-state index contributed by atoms with van der Waals surface area (Å²) in [6.07, 6.45) is 0. The summed E-state index contributed by atoms with van der Waals surface area (Å²) in [7, 11) is 1.61. The van der Waals surface area contributed by atoms with E-state index in [0.29, 0.717) is 28.1 Å². The summed E-state index contributed by atoms with van der Waals surface area (Å²) in [5.74, 6) is 1.95. The highest BCUT2D eigenvalue weighted by atomic mass is 32.1. The van der Waals surface area contributed by atoms with Crippen LogP contribution >= 0.6 is 11.3 Å². The number of methoxy groups -OCH3 is 1. The molecule has 0 bridgehead atoms. The van der Waals surface area contributed by atoms with Gasteiger partial charge in [-0.05, 0) is 55.5 Å². The minimum Gasteiger partial charge on any atom is -0.497 e. The Kier molecular flexibility index (Phi) is 5.76. The van der Waals surface area contributed by atoms with Gasteiger partial charge in [0.15, 0.2) is 6.61 Å². The van der Waals surface area contributed by atoms with Gasteiger partial charge in [0.2, 0.25) is 5.89 Å². The van der Waals surface area contributed by atoms with Gasteiger partial charge in [-0.2, -0.15) is 0 Å². The molecule has 0 unspecified atom stereocenters. The van der Waals surface area contributed by atoms with E-state index >= 15 is 0 Å². The summed E-state index contributed by atoms with van der Waals surface area (Å²) in [5.41, 5.74) is 1.44. The molecule has 0 fully saturated rings. The lowest BCUT2D eigenvalue weighted by Crippen LogP contribution is -2.10. The number of hydrogen-bond donors (Lipinski definition) is 1. The fourth-order valence-electron chi connectivity index (χ4n) is 2.72. The molecule has 7 nitrogen and oxygen atoms in total. The number of carbonyl (C=O) groups excluding carboxylic acids is 1. The number of carbonyl (C=O) groups is 1. The molecular formula is C22H19N3O4S. The summed E-state index contributed by atoms with van der Waals surface area (Å²) in [6, 6.07) is 18.2. The van der Waals surface area contributed by atoms with Crippen molar-refractivity contribution < 1.29 is 18.7 Å². The summed E-state index contributed by atoms with van der Waals surface area (Å²) >= 11 is 1.45. The number of amides is 1. The van der Waals surface area contributed by atoms with Crippen LogP contribution in [0.5, 0.6) is 11.5 Å². The van der Waals surface area contributed by atoms with Gasteiger partial charge >= 0.3 is 0 Å². The number of aromatic nitrogens is 2. The third-order valence-electron chi connectivity index (χ3n) is 4.22. The predicted octanol–water partition coefficient (Wildman–Crippen LogP) is 4.95. The zero-order valence-electron chi connectivity index (χ0n) is 16.4. The van der Waals surface area contributed by atoms with Gasteiger partial charge in [-0.3, -0.25) is 4.79 Å². The number of benzene rings is 2. The van der Waals surface area contributed by atoms with Crippen LogP contribution in [0.25, 0.3) is 11.5 Å². The lowest BCUT2D eigenvalue weighted by atomic mass is 10.2. The van der Waals surface area contributed by atoms with Crippen molar-refractivity contribution in [1.29, 1.82) is 0 Å². The van der Waals surface area contributed by atoms with Gasteiger partial charge in [-0.1, -0.05) is 6.07 Å². The molecular weight excluding hydrogens is 402 g/mol. The highest BCUT2D eigenvalue weighted by Crippen LogP contribution is 2.23. The maximum Gasteiger partial charge on any atom is 0.265 e. The smallest absolute Gasteiger partial charge is 0.265 e. The first-order chi connectivity index (χ1) is 14.6. The van der Waals surface area contributed by atoms with E-state index in [-0.39, 0.29) is 12.5 Å². The Morgan fingerprint density at radius 3 is 2.63 bits per heavy atom. The van der Waals surface area contributed by atoms with Crippen LogP contribution in [0.2, 0.25) is 0 Å². The number of ether oxygens (including phenoxy) is 2. The molecule has 0 aliphatic heterocycles. The highest BCUT2D eigenvalue weighted by Gasteiger charge is 2.11. The first-order valence-corrected chi connectivity index (χ1v) is 10.00. The predicted molar refractivity (Wildman–Crippen MR) is 114 cm³/mol. The molecule has 4 rings (SSSR count). The minimum atomic E-state index is -0.147. The first-order valence-electron chi connectivity index (χ1n) is 9.18. The number of anilines is 1. The molecule has 8 heteroatoms. The summed E-state index contributed by atoms with van der Waals surface area (Å²) < 4.78 is 16.6. The SMILES string of the molecule is COc1ccc(-c2nnc(COc3cccc(NC(=O)c4ccc(C)s4)c3)o2)cc1. The molecule has 2 aromatic heterocycles. The van der Waals surface area contributed by atoms with Crippen molar-refractivity contribution in [2.45, 2.75) is 13.5 Å². The minimum absolute atomic E-state index is 0.116. The third kappa shape index (κ3) is 4.66. The van der Waals surface area contributed by atoms with Crippen molar-refractivity contribution in [3.8, 4) is 23.0 Å². The molecule has 0 saturated heterocycles. The van der Waals surface area contributed by atoms with E-state index in [1.807, 2.05) is 43.3 Å². The maximum atomic E-state index is 12.3. The summed E-state index contributed by atoms with van der Waals surface area (Å²) in [5, 5.41) is 11.0. The number of rotatable bonds is 7. The van der Waals surface area contributed by atoms with Crippen molar-refractivity contribution in [2.24, 2.45) is 0 Å². The standard InChI is InChI=1S/C22H19N3O4S/c1-14-6-11-19(30-14)21(26)23-16-4-3-5-18(12-16)28-13-20-24-25-22(29-20)15-7-9-17(27-2)10-8-15/h3-12H,13H2,1-2H3,(H,23,26). The fourth-order valence-corrected chi connectivity index (χ4v) is 3.48. The van der Waals surface area contributed by atoms with Crippen molar-refractivity contribution in [3.63, 3.8) is 0 Å². The molecule has 30 heavy (non-hydrogen) atoms. The van der Waals surface area contributed by atoms with E-state index in [4.69, 9.17) is 13.9 Å². The number of nitrogens with zero attached hydrogens (tertiary/aromatic N) is 2. The molecule has 0 aliphatic carbocycles. The van der Waals surface area contributed by atoms with Crippen molar-refractivity contribution in [1.82, 2.24) is 10.2 Å². The van der Waals surface area contributed by atoms with Crippen LogP contribution in [0.1, 0.15) is 20.4 Å². The Morgan fingerprint density at radius 1 is 1.07 bits per heavy atom. The van der Waals surface area contributed by atoms with Gasteiger partial charge in [0.25, 0.3) is 11.8 Å². The average Bonchev–Trinajstić information content (AvgIpc) is 3.42. The number of nitrogens with one attached hydrogen (secondary N) is 1. The van der Waals surface area contributed by atoms with E-state index in [1.54, 1.807) is 31.4 Å². The van der Waals surface area contributed by atoms with E-state index in [0.717, 1.165) is 16.2 Å². The van der Waals surface area contributed by atoms with Gasteiger partial charge in [-0.15, -0.1) is 21.5 Å². The Bertz CT molecular complexity index is 1150. The molecule has 1 amide bonds. The lowest BCUT2D eigenvalue weighted by Gasteiger charge is -2.07. The normalized spacial score (nSPS) is 10.6. The van der Waals surface area contributed by atoms with Crippen LogP contribution in [0.3, 0.4) is 0 Å². The molecule has 0 spiro atoms. The Hall–Kier alpha value is -3.65. The number of aryl methyl sites for hydroxylation is 1. The van der Waals surface area contributed by atoms with E-state index < -0.39 is 0 Å². The Balaban J connectivity index is 1.37. The van der Waals surface area contributed by atoms with Gasteiger partial charge in [0, 0.05) is 22.2 Å². The largest absolute Gasteiger partial charge is 0.497 e. The van der Waals surface area contributed by atoms with E-state index in [1.165, 1.54) is 11.3 Å². The Morgan fingerprint density at radius 2 is 1.90 bits per heavy atom. The molecule has 0 aliphatic rings. The average molecular weight is 421 g/mol. The second kappa shape index (κ2) is 8.79. The van der Waals surface area contributed by atoms with Gasteiger partial charge in [0.1, 0.15) is 11.5 Å². The molecule has 152 valence electrons. The zero-order chi connectivity index (χ0) is 20.9. The molecule has 0 atom stereocenters. The second-order valence-corrected chi connectivity index (χ2v) is 7.70. The second-order valence-electron chi connectivity index (χ2n) is 6.41. The highest BCUT2D eigenvalue weighted by molar-refractivity contribution is 7.14. The number of hydrogen-bond acceptors (Lipinski definition) is 7. The third-order valence-corrected chi connectivity index (χ3v) is 5.22. The molecule has 4 aromatic rings. The molecule has 0 saturated carbocycles. The van der Waals surface area contributed by atoms with Gasteiger partial charge in [0.05, 0.1) is 12.0 Å². The molecule has 2 heterocycles.